The zero-order chi connectivity index (χ0) is 10.9. The summed E-state index contributed by atoms with van der Waals surface area (Å²) in [5.41, 5.74) is 0.857. The van der Waals surface area contributed by atoms with Gasteiger partial charge in [-0.25, -0.2) is 4.39 Å². The molecule has 15 heavy (non-hydrogen) atoms. The standard InChI is InChI=1S/C12H13FO2/c13-8-10-15-12-6-4-11(5-7-12)3-1-2-9-14/h4-7,14H,2,8-10H2. The van der Waals surface area contributed by atoms with Crippen LogP contribution in [-0.2, 0) is 0 Å². The molecule has 0 spiro atoms. The van der Waals surface area contributed by atoms with Crippen molar-refractivity contribution < 1.29 is 14.2 Å². The van der Waals surface area contributed by atoms with E-state index in [-0.39, 0.29) is 13.2 Å². The fourth-order valence-electron chi connectivity index (χ4n) is 1.01. The Morgan fingerprint density at radius 2 is 2.00 bits per heavy atom. The number of hydrogen-bond acceptors (Lipinski definition) is 2. The first kappa shape index (κ1) is 11.5. The van der Waals surface area contributed by atoms with Crippen LogP contribution in [0, 0.1) is 11.8 Å². The third kappa shape index (κ3) is 4.48. The van der Waals surface area contributed by atoms with E-state index in [9.17, 15) is 4.39 Å². The van der Waals surface area contributed by atoms with Crippen LogP contribution in [0.1, 0.15) is 12.0 Å². The Hall–Kier alpha value is -1.53. The third-order valence-corrected chi connectivity index (χ3v) is 1.67. The SMILES string of the molecule is OCCC#Cc1ccc(OCCF)cc1. The summed E-state index contributed by atoms with van der Waals surface area (Å²) in [7, 11) is 0. The van der Waals surface area contributed by atoms with Crippen molar-refractivity contribution in [1.29, 1.82) is 0 Å². The van der Waals surface area contributed by atoms with Gasteiger partial charge in [-0.2, -0.15) is 0 Å². The number of aliphatic hydroxyl groups is 1. The number of benzene rings is 1. The van der Waals surface area contributed by atoms with E-state index in [0.29, 0.717) is 12.2 Å². The molecule has 1 aromatic carbocycles. The second-order valence-electron chi connectivity index (χ2n) is 2.84. The van der Waals surface area contributed by atoms with Crippen LogP contribution in [0.15, 0.2) is 24.3 Å². The van der Waals surface area contributed by atoms with Crippen molar-refractivity contribution in [3.05, 3.63) is 29.8 Å². The maximum absolute atomic E-state index is 11.8. The summed E-state index contributed by atoms with van der Waals surface area (Å²) in [5.74, 6) is 6.34. The van der Waals surface area contributed by atoms with Gasteiger partial charge in [-0.05, 0) is 24.3 Å². The molecule has 0 aliphatic carbocycles. The first-order valence-electron chi connectivity index (χ1n) is 4.75. The van der Waals surface area contributed by atoms with Crippen LogP contribution in [0.5, 0.6) is 5.75 Å². The Bertz CT molecular complexity index is 335. The molecule has 80 valence electrons. The van der Waals surface area contributed by atoms with E-state index in [4.69, 9.17) is 9.84 Å². The van der Waals surface area contributed by atoms with Gasteiger partial charge in [0, 0.05) is 12.0 Å². The van der Waals surface area contributed by atoms with Gasteiger partial charge in [0.1, 0.15) is 19.0 Å². The summed E-state index contributed by atoms with van der Waals surface area (Å²) in [4.78, 5) is 0. The van der Waals surface area contributed by atoms with Crippen molar-refractivity contribution in [2.75, 3.05) is 19.9 Å². The highest BCUT2D eigenvalue weighted by Gasteiger charge is 1.92. The highest BCUT2D eigenvalue weighted by molar-refractivity contribution is 5.38. The lowest BCUT2D eigenvalue weighted by Gasteiger charge is -2.02. The Morgan fingerprint density at radius 3 is 2.60 bits per heavy atom. The molecular formula is C12H13FO2. The van der Waals surface area contributed by atoms with E-state index in [2.05, 4.69) is 11.8 Å². The number of aliphatic hydroxyl groups excluding tert-OH is 1. The molecule has 1 aromatic rings. The fourth-order valence-corrected chi connectivity index (χ4v) is 1.01. The lowest BCUT2D eigenvalue weighted by molar-refractivity contribution is 0.273. The Kier molecular flexibility index (Phi) is 5.28. The van der Waals surface area contributed by atoms with Gasteiger partial charge in [-0.15, -0.1) is 0 Å². The summed E-state index contributed by atoms with van der Waals surface area (Å²) in [6, 6.07) is 7.10. The summed E-state index contributed by atoms with van der Waals surface area (Å²) in [5, 5.41) is 8.53. The van der Waals surface area contributed by atoms with Gasteiger partial charge >= 0.3 is 0 Å². The quantitative estimate of drug-likeness (QED) is 0.764. The van der Waals surface area contributed by atoms with Crippen molar-refractivity contribution in [3.8, 4) is 17.6 Å². The van der Waals surface area contributed by atoms with E-state index in [0.717, 1.165) is 5.56 Å². The molecule has 1 N–H and O–H groups in total. The molecule has 0 unspecified atom stereocenters. The maximum atomic E-state index is 11.8. The van der Waals surface area contributed by atoms with Gasteiger partial charge in [0.25, 0.3) is 0 Å². The van der Waals surface area contributed by atoms with Crippen LogP contribution in [-0.4, -0.2) is 25.0 Å². The predicted molar refractivity (Wildman–Crippen MR) is 56.5 cm³/mol. The van der Waals surface area contributed by atoms with E-state index in [1.165, 1.54) is 0 Å². The number of halogens is 1. The molecule has 0 amide bonds. The molecule has 3 heteroatoms. The third-order valence-electron chi connectivity index (χ3n) is 1.67. The fraction of sp³-hybridized carbons (Fsp3) is 0.333. The molecule has 0 saturated heterocycles. The lowest BCUT2D eigenvalue weighted by atomic mass is 10.2. The molecule has 2 nitrogen and oxygen atoms in total. The van der Waals surface area contributed by atoms with E-state index < -0.39 is 6.67 Å². The van der Waals surface area contributed by atoms with Gasteiger partial charge < -0.3 is 9.84 Å². The maximum Gasteiger partial charge on any atom is 0.123 e. The van der Waals surface area contributed by atoms with Crippen LogP contribution >= 0.6 is 0 Å². The van der Waals surface area contributed by atoms with Gasteiger partial charge in [0.15, 0.2) is 0 Å². The molecule has 0 aliphatic heterocycles. The summed E-state index contributed by atoms with van der Waals surface area (Å²) in [6.45, 7) is -0.335. The number of hydrogen-bond donors (Lipinski definition) is 1. The van der Waals surface area contributed by atoms with E-state index >= 15 is 0 Å². The van der Waals surface area contributed by atoms with Gasteiger partial charge in [0.2, 0.25) is 0 Å². The highest BCUT2D eigenvalue weighted by Crippen LogP contribution is 2.11. The largest absolute Gasteiger partial charge is 0.491 e. The van der Waals surface area contributed by atoms with Crippen molar-refractivity contribution in [2.24, 2.45) is 0 Å². The Labute approximate surface area is 88.7 Å². The topological polar surface area (TPSA) is 29.5 Å². The molecule has 0 saturated carbocycles. The van der Waals surface area contributed by atoms with Crippen LogP contribution < -0.4 is 4.74 Å². The Morgan fingerprint density at radius 1 is 1.27 bits per heavy atom. The number of ether oxygens (including phenoxy) is 1. The highest BCUT2D eigenvalue weighted by atomic mass is 19.1. The first-order chi connectivity index (χ1) is 7.36. The summed E-state index contributed by atoms with van der Waals surface area (Å²) >= 11 is 0. The molecule has 0 bridgehead atoms. The lowest BCUT2D eigenvalue weighted by Crippen LogP contribution is -1.98. The molecule has 0 heterocycles. The van der Waals surface area contributed by atoms with Gasteiger partial charge in [-0.3, -0.25) is 0 Å². The van der Waals surface area contributed by atoms with E-state index in [1.54, 1.807) is 24.3 Å². The minimum atomic E-state index is -0.488. The zero-order valence-corrected chi connectivity index (χ0v) is 8.37. The normalized spacial score (nSPS) is 9.20. The molecule has 0 aliphatic rings. The van der Waals surface area contributed by atoms with Crippen LogP contribution in [0.3, 0.4) is 0 Å². The van der Waals surface area contributed by atoms with Crippen molar-refractivity contribution in [2.45, 2.75) is 6.42 Å². The van der Waals surface area contributed by atoms with Gasteiger partial charge in [-0.1, -0.05) is 11.8 Å². The second-order valence-corrected chi connectivity index (χ2v) is 2.84. The average Bonchev–Trinajstić information content (AvgIpc) is 2.28. The van der Waals surface area contributed by atoms with E-state index in [1.807, 2.05) is 0 Å². The molecule has 0 fully saturated rings. The molecule has 0 atom stereocenters. The minimum absolute atomic E-state index is 0.0741. The summed E-state index contributed by atoms with van der Waals surface area (Å²) < 4.78 is 16.9. The molecule has 0 aromatic heterocycles. The molecule has 1 rings (SSSR count). The smallest absolute Gasteiger partial charge is 0.123 e. The van der Waals surface area contributed by atoms with Crippen LogP contribution in [0.2, 0.25) is 0 Å². The minimum Gasteiger partial charge on any atom is -0.491 e. The second kappa shape index (κ2) is 6.86. The Balaban J connectivity index is 2.53. The van der Waals surface area contributed by atoms with Crippen molar-refractivity contribution in [1.82, 2.24) is 0 Å². The van der Waals surface area contributed by atoms with Crippen molar-refractivity contribution in [3.63, 3.8) is 0 Å². The predicted octanol–water partition coefficient (Wildman–Crippen LogP) is 1.77. The average molecular weight is 208 g/mol. The van der Waals surface area contributed by atoms with Crippen molar-refractivity contribution >= 4 is 0 Å². The number of alkyl halides is 1. The number of rotatable bonds is 4. The van der Waals surface area contributed by atoms with Gasteiger partial charge in [0.05, 0.1) is 6.61 Å². The first-order valence-corrected chi connectivity index (χ1v) is 4.75. The van der Waals surface area contributed by atoms with Crippen LogP contribution in [0.4, 0.5) is 4.39 Å². The molecular weight excluding hydrogens is 195 g/mol. The zero-order valence-electron chi connectivity index (χ0n) is 8.37. The summed E-state index contributed by atoms with van der Waals surface area (Å²) in [6.07, 6.45) is 0.472. The molecule has 0 radical (unpaired) electrons. The van der Waals surface area contributed by atoms with Crippen LogP contribution in [0.25, 0.3) is 0 Å². The monoisotopic (exact) mass is 208 g/mol.